The minimum absolute atomic E-state index is 0.00845. The molecule has 0 spiro atoms. The van der Waals surface area contributed by atoms with Crippen molar-refractivity contribution in [1.29, 1.82) is 0 Å². The van der Waals surface area contributed by atoms with E-state index in [-0.39, 0.29) is 36.4 Å². The van der Waals surface area contributed by atoms with Gasteiger partial charge < -0.3 is 19.4 Å². The Morgan fingerprint density at radius 2 is 1.84 bits per heavy atom. The van der Waals surface area contributed by atoms with E-state index in [2.05, 4.69) is 56.7 Å². The number of amides is 4. The highest BCUT2D eigenvalue weighted by Crippen LogP contribution is 2.32. The van der Waals surface area contributed by atoms with Crippen LogP contribution in [0.2, 0.25) is 5.02 Å². The molecule has 7 rings (SSSR count). The first-order chi connectivity index (χ1) is 26.7. The maximum Gasteiger partial charge on any atom is 0.328 e. The van der Waals surface area contributed by atoms with Crippen molar-refractivity contribution in [2.24, 2.45) is 4.99 Å². The van der Waals surface area contributed by atoms with E-state index in [9.17, 15) is 14.4 Å². The van der Waals surface area contributed by atoms with Gasteiger partial charge in [-0.1, -0.05) is 17.7 Å². The van der Waals surface area contributed by atoms with Crippen LogP contribution in [0.5, 0.6) is 5.88 Å². The van der Waals surface area contributed by atoms with Crippen LogP contribution in [0, 0.1) is 0 Å². The molecule has 3 saturated heterocycles. The van der Waals surface area contributed by atoms with Crippen LogP contribution >= 0.6 is 11.6 Å². The smallest absolute Gasteiger partial charge is 0.328 e. The molecular weight excluding hydrogens is 720 g/mol. The zero-order valence-electron chi connectivity index (χ0n) is 31.6. The van der Waals surface area contributed by atoms with Gasteiger partial charge in [0.25, 0.3) is 5.91 Å². The van der Waals surface area contributed by atoms with E-state index in [0.717, 1.165) is 73.9 Å². The summed E-state index contributed by atoms with van der Waals surface area (Å²) < 4.78 is 7.98. The maximum atomic E-state index is 13.5. The lowest BCUT2D eigenvalue weighted by Gasteiger charge is -2.45. The standard InChI is InChI=1S/C40H49ClN10O4/c1-27-26-50(28(2)25-49(27)32-9-7-29(20-42-3)34(41)19-32)39(53)30-8-10-38(44-21-30)55-18-6-4-5-14-47-15-11-31(12-16-47)51-36-24-43-23-35(33(36)22-45-51)48-17-13-37(52)46-40(48)54/h7-10,19,21-24,27-28,31H,3-6,11-18,20,25-26H2,1-2H3,(H,46,52,54)/t27-,28+/m0/s1. The van der Waals surface area contributed by atoms with Crippen molar-refractivity contribution in [3.05, 3.63) is 71.3 Å². The number of rotatable bonds is 13. The second kappa shape index (κ2) is 17.2. The van der Waals surface area contributed by atoms with E-state index in [1.54, 1.807) is 29.6 Å². The molecule has 0 saturated carbocycles. The Kier molecular flexibility index (Phi) is 11.9. The molecule has 55 heavy (non-hydrogen) atoms. The molecule has 3 aliphatic rings. The molecule has 14 nitrogen and oxygen atoms in total. The summed E-state index contributed by atoms with van der Waals surface area (Å²) in [6.07, 6.45) is 12.2. The van der Waals surface area contributed by atoms with Crippen molar-refractivity contribution >= 4 is 58.4 Å². The van der Waals surface area contributed by atoms with Gasteiger partial charge in [-0.05, 0) is 83.0 Å². The number of ether oxygens (including phenoxy) is 1. The second-order valence-electron chi connectivity index (χ2n) is 14.8. The number of fused-ring (bicyclic) bond motifs is 1. The van der Waals surface area contributed by atoms with Crippen molar-refractivity contribution < 1.29 is 19.1 Å². The first-order valence-corrected chi connectivity index (χ1v) is 19.6. The number of piperazine rings is 1. The number of carbonyl (C=O) groups excluding carboxylic acids is 3. The monoisotopic (exact) mass is 768 g/mol. The maximum absolute atomic E-state index is 13.5. The Morgan fingerprint density at radius 1 is 1.00 bits per heavy atom. The van der Waals surface area contributed by atoms with Crippen LogP contribution in [0.4, 0.5) is 16.2 Å². The van der Waals surface area contributed by atoms with Gasteiger partial charge in [0.1, 0.15) is 0 Å². The largest absolute Gasteiger partial charge is 0.478 e. The molecule has 3 fully saturated rings. The van der Waals surface area contributed by atoms with Crippen LogP contribution in [0.1, 0.15) is 74.3 Å². The fourth-order valence-electron chi connectivity index (χ4n) is 7.92. The Labute approximate surface area is 326 Å². The number of hydrogen-bond donors (Lipinski definition) is 1. The minimum atomic E-state index is -0.420. The summed E-state index contributed by atoms with van der Waals surface area (Å²) in [4.78, 5) is 58.7. The summed E-state index contributed by atoms with van der Waals surface area (Å²) in [5.41, 5.74) is 4.12. The average Bonchev–Trinajstić information content (AvgIpc) is 3.63. The number of aromatic nitrogens is 4. The number of aliphatic imine (C=N–C) groups is 1. The molecule has 0 unspecified atom stereocenters. The molecule has 2 atom stereocenters. The van der Waals surface area contributed by atoms with Crippen LogP contribution in [-0.4, -0.2) is 112 Å². The van der Waals surface area contributed by atoms with Gasteiger partial charge in [0.15, 0.2) is 0 Å². The van der Waals surface area contributed by atoms with Gasteiger partial charge in [0.2, 0.25) is 11.8 Å². The molecule has 0 bridgehead atoms. The summed E-state index contributed by atoms with van der Waals surface area (Å²) in [5.74, 6) is 0.241. The number of halogens is 1. The number of unbranched alkanes of at least 4 members (excludes halogenated alkanes) is 2. The van der Waals surface area contributed by atoms with Crippen LogP contribution < -0.4 is 19.9 Å². The molecule has 1 aromatic carbocycles. The lowest BCUT2D eigenvalue weighted by Crippen LogP contribution is -2.58. The van der Waals surface area contributed by atoms with E-state index >= 15 is 0 Å². The zero-order valence-corrected chi connectivity index (χ0v) is 32.3. The fourth-order valence-corrected chi connectivity index (χ4v) is 8.15. The van der Waals surface area contributed by atoms with Gasteiger partial charge in [-0.25, -0.2) is 9.78 Å². The van der Waals surface area contributed by atoms with Gasteiger partial charge in [0.05, 0.1) is 54.6 Å². The Bertz CT molecular complexity index is 2010. The second-order valence-corrected chi connectivity index (χ2v) is 15.2. The third kappa shape index (κ3) is 8.60. The molecular formula is C40H49ClN10O4. The van der Waals surface area contributed by atoms with Crippen LogP contribution in [0.3, 0.4) is 0 Å². The Balaban J connectivity index is 0.810. The number of nitrogens with one attached hydrogen (secondary N) is 1. The van der Waals surface area contributed by atoms with E-state index in [0.29, 0.717) is 54.9 Å². The van der Waals surface area contributed by atoms with Gasteiger partial charge in [-0.3, -0.25) is 34.5 Å². The molecule has 4 amide bonds. The number of hydrogen-bond acceptors (Lipinski definition) is 10. The summed E-state index contributed by atoms with van der Waals surface area (Å²) in [6.45, 7) is 13.5. The highest BCUT2D eigenvalue weighted by Gasteiger charge is 2.33. The molecule has 3 aromatic heterocycles. The lowest BCUT2D eigenvalue weighted by molar-refractivity contribution is -0.120. The quantitative estimate of drug-likeness (QED) is 0.133. The van der Waals surface area contributed by atoms with Crippen molar-refractivity contribution in [1.82, 2.24) is 34.9 Å². The number of anilines is 2. The summed E-state index contributed by atoms with van der Waals surface area (Å²) >= 11 is 6.51. The highest BCUT2D eigenvalue weighted by molar-refractivity contribution is 6.31. The van der Waals surface area contributed by atoms with Crippen LogP contribution in [0.25, 0.3) is 10.9 Å². The van der Waals surface area contributed by atoms with E-state index < -0.39 is 6.03 Å². The van der Waals surface area contributed by atoms with Gasteiger partial charge in [-0.2, -0.15) is 5.10 Å². The number of nitrogens with zero attached hydrogens (tertiary/aromatic N) is 9. The number of carbonyl (C=O) groups is 3. The van der Waals surface area contributed by atoms with Crippen molar-refractivity contribution in [3.63, 3.8) is 0 Å². The van der Waals surface area contributed by atoms with Crippen molar-refractivity contribution in [2.45, 2.75) is 77.0 Å². The number of benzene rings is 1. The molecule has 15 heteroatoms. The number of urea groups is 1. The van der Waals surface area contributed by atoms with Crippen LogP contribution in [0.15, 0.2) is 60.1 Å². The normalized spacial score (nSPS) is 19.9. The average molecular weight is 769 g/mol. The number of imide groups is 1. The number of piperidine rings is 1. The van der Waals surface area contributed by atoms with Crippen molar-refractivity contribution in [2.75, 3.05) is 55.7 Å². The predicted octanol–water partition coefficient (Wildman–Crippen LogP) is 5.75. The lowest BCUT2D eigenvalue weighted by atomic mass is 10.0. The zero-order chi connectivity index (χ0) is 38.5. The van der Waals surface area contributed by atoms with E-state index in [1.165, 1.54) is 0 Å². The summed E-state index contributed by atoms with van der Waals surface area (Å²) in [7, 11) is 0. The predicted molar refractivity (Wildman–Crippen MR) is 213 cm³/mol. The molecule has 290 valence electrons. The fraction of sp³-hybridized carbons (Fsp3) is 0.475. The minimum Gasteiger partial charge on any atom is -0.478 e. The number of likely N-dealkylation sites (tertiary alicyclic amines) is 1. The first-order valence-electron chi connectivity index (χ1n) is 19.2. The van der Waals surface area contributed by atoms with Gasteiger partial charge in [0, 0.05) is 79.6 Å². The first kappa shape index (κ1) is 38.2. The molecule has 0 aliphatic carbocycles. The van der Waals surface area contributed by atoms with Crippen LogP contribution in [-0.2, 0) is 11.3 Å². The molecule has 6 heterocycles. The van der Waals surface area contributed by atoms with E-state index in [4.69, 9.17) is 21.4 Å². The topological polar surface area (TPSA) is 141 Å². The molecule has 4 aromatic rings. The van der Waals surface area contributed by atoms with E-state index in [1.807, 2.05) is 34.0 Å². The van der Waals surface area contributed by atoms with Crippen molar-refractivity contribution in [3.8, 4) is 5.88 Å². The molecule has 0 radical (unpaired) electrons. The Hall–Kier alpha value is -5.08. The Morgan fingerprint density at radius 3 is 2.58 bits per heavy atom. The summed E-state index contributed by atoms with van der Waals surface area (Å²) in [5, 5.41) is 8.64. The highest BCUT2D eigenvalue weighted by atomic mass is 35.5. The summed E-state index contributed by atoms with van der Waals surface area (Å²) in [6, 6.07) is 9.59. The third-order valence-corrected chi connectivity index (χ3v) is 11.4. The third-order valence-electron chi connectivity index (χ3n) is 11.0. The SMILES string of the molecule is C=NCc1ccc(N2C[C@@H](C)N(C(=O)c3ccc(OCCCCCN4CCC(n5ncc6c(N7CCC(=O)NC7=O)cncc65)CC4)nc3)C[C@@H]2C)cc1Cl. The van der Waals surface area contributed by atoms with Gasteiger partial charge >= 0.3 is 6.03 Å². The number of pyridine rings is 2. The molecule has 1 N–H and O–H groups in total. The van der Waals surface area contributed by atoms with Gasteiger partial charge in [-0.15, -0.1) is 0 Å². The molecule has 3 aliphatic heterocycles.